The molecule has 118 valence electrons. The van der Waals surface area contributed by atoms with Gasteiger partial charge < -0.3 is 14.7 Å². The van der Waals surface area contributed by atoms with Crippen molar-refractivity contribution >= 4 is 5.91 Å². The van der Waals surface area contributed by atoms with Crippen LogP contribution in [0, 0.1) is 0 Å². The summed E-state index contributed by atoms with van der Waals surface area (Å²) in [5.74, 6) is 0.961. The minimum absolute atomic E-state index is 0.146. The zero-order valence-electron chi connectivity index (χ0n) is 13.9. The van der Waals surface area contributed by atoms with Crippen molar-refractivity contribution in [3.63, 3.8) is 0 Å². The molecule has 1 aromatic carbocycles. The molecule has 0 aliphatic carbocycles. The number of aliphatic hydroxyl groups is 1. The van der Waals surface area contributed by atoms with E-state index in [1.54, 1.807) is 27.8 Å². The van der Waals surface area contributed by atoms with Crippen LogP contribution in [0.1, 0.15) is 46.1 Å². The second-order valence-corrected chi connectivity index (χ2v) is 6.49. The first-order valence-corrected chi connectivity index (χ1v) is 7.34. The van der Waals surface area contributed by atoms with Crippen molar-refractivity contribution in [2.24, 2.45) is 0 Å². The zero-order chi connectivity index (χ0) is 16.2. The molecule has 0 saturated carbocycles. The van der Waals surface area contributed by atoms with Crippen LogP contribution in [-0.2, 0) is 4.79 Å². The number of ether oxygens (including phenoxy) is 1. The summed E-state index contributed by atoms with van der Waals surface area (Å²) >= 11 is 0. The van der Waals surface area contributed by atoms with Crippen molar-refractivity contribution in [3.8, 4) is 5.75 Å². The van der Waals surface area contributed by atoms with Crippen LogP contribution in [0.5, 0.6) is 5.75 Å². The summed E-state index contributed by atoms with van der Waals surface area (Å²) in [6, 6.07) is 7.79. The van der Waals surface area contributed by atoms with E-state index in [1.807, 2.05) is 24.3 Å². The Hall–Kier alpha value is -1.55. The zero-order valence-corrected chi connectivity index (χ0v) is 13.9. The fraction of sp³-hybridized carbons (Fsp3) is 0.588. The van der Waals surface area contributed by atoms with Crippen LogP contribution < -0.4 is 4.74 Å². The molecule has 0 spiro atoms. The van der Waals surface area contributed by atoms with Crippen molar-refractivity contribution in [3.05, 3.63) is 29.8 Å². The molecule has 1 aromatic rings. The van der Waals surface area contributed by atoms with E-state index in [0.717, 1.165) is 0 Å². The molecule has 0 radical (unpaired) electrons. The van der Waals surface area contributed by atoms with Crippen molar-refractivity contribution in [1.29, 1.82) is 0 Å². The molecule has 0 heterocycles. The van der Waals surface area contributed by atoms with Crippen LogP contribution >= 0.6 is 0 Å². The molecule has 0 aliphatic heterocycles. The first-order chi connectivity index (χ1) is 9.60. The second-order valence-electron chi connectivity index (χ2n) is 6.49. The van der Waals surface area contributed by atoms with Gasteiger partial charge in [0.25, 0.3) is 5.91 Å². The quantitative estimate of drug-likeness (QED) is 0.877. The van der Waals surface area contributed by atoms with Gasteiger partial charge in [-0.2, -0.15) is 0 Å². The smallest absolute Gasteiger partial charge is 0.263 e. The van der Waals surface area contributed by atoms with E-state index in [-0.39, 0.29) is 12.5 Å². The molecule has 1 amide bonds. The monoisotopic (exact) mass is 293 g/mol. The van der Waals surface area contributed by atoms with Crippen LogP contribution in [0.3, 0.4) is 0 Å². The van der Waals surface area contributed by atoms with E-state index in [4.69, 9.17) is 4.74 Å². The average Bonchev–Trinajstić information content (AvgIpc) is 2.36. The lowest BCUT2D eigenvalue weighted by molar-refractivity contribution is -0.139. The summed E-state index contributed by atoms with van der Waals surface area (Å²) in [4.78, 5) is 13.7. The molecule has 1 rings (SSSR count). The van der Waals surface area contributed by atoms with Gasteiger partial charge in [-0.25, -0.2) is 0 Å². The lowest BCUT2D eigenvalue weighted by Crippen LogP contribution is -2.44. The highest BCUT2D eigenvalue weighted by molar-refractivity contribution is 5.80. The van der Waals surface area contributed by atoms with Crippen LogP contribution in [0.2, 0.25) is 0 Å². The van der Waals surface area contributed by atoms with Gasteiger partial charge in [-0.3, -0.25) is 4.79 Å². The highest BCUT2D eigenvalue weighted by Crippen LogP contribution is 2.21. The predicted molar refractivity (Wildman–Crippen MR) is 84.6 cm³/mol. The van der Waals surface area contributed by atoms with Crippen LogP contribution in [-0.4, -0.2) is 41.2 Å². The average molecular weight is 293 g/mol. The summed E-state index contributed by atoms with van der Waals surface area (Å²) in [5, 5.41) is 9.77. The lowest BCUT2D eigenvalue weighted by atomic mass is 10.0. The Morgan fingerprint density at radius 1 is 1.33 bits per heavy atom. The number of amides is 1. The number of hydrogen-bond donors (Lipinski definition) is 1. The molecule has 1 unspecified atom stereocenters. The molecule has 4 nitrogen and oxygen atoms in total. The first kappa shape index (κ1) is 17.5. The Morgan fingerprint density at radius 3 is 2.48 bits per heavy atom. The van der Waals surface area contributed by atoms with Crippen LogP contribution in [0.25, 0.3) is 0 Å². The maximum absolute atomic E-state index is 12.2. The Kier molecular flexibility index (Phi) is 5.78. The summed E-state index contributed by atoms with van der Waals surface area (Å²) in [5.41, 5.74) is 0.263. The summed E-state index contributed by atoms with van der Waals surface area (Å²) in [6.45, 7) is 9.58. The number of nitrogens with zero attached hydrogens (tertiary/aromatic N) is 1. The third-order valence-electron chi connectivity index (χ3n) is 3.19. The van der Waals surface area contributed by atoms with Crippen molar-refractivity contribution in [2.45, 2.75) is 52.2 Å². The summed E-state index contributed by atoms with van der Waals surface area (Å²) < 4.78 is 5.73. The van der Waals surface area contributed by atoms with Gasteiger partial charge in [0.05, 0.1) is 5.60 Å². The molecular formula is C17H27NO3. The van der Waals surface area contributed by atoms with E-state index in [9.17, 15) is 9.90 Å². The van der Waals surface area contributed by atoms with Crippen molar-refractivity contribution in [1.82, 2.24) is 4.90 Å². The minimum Gasteiger partial charge on any atom is -0.481 e. The van der Waals surface area contributed by atoms with Gasteiger partial charge in [0.1, 0.15) is 5.75 Å². The van der Waals surface area contributed by atoms with Gasteiger partial charge in [0, 0.05) is 13.6 Å². The molecule has 0 aliphatic rings. The van der Waals surface area contributed by atoms with Gasteiger partial charge in [-0.15, -0.1) is 0 Å². The molecule has 1 N–H and O–H groups in total. The van der Waals surface area contributed by atoms with Crippen molar-refractivity contribution < 1.29 is 14.6 Å². The van der Waals surface area contributed by atoms with E-state index in [1.165, 1.54) is 10.5 Å². The molecule has 21 heavy (non-hydrogen) atoms. The number of hydrogen-bond acceptors (Lipinski definition) is 3. The topological polar surface area (TPSA) is 49.8 Å². The Balaban J connectivity index is 2.70. The number of rotatable bonds is 6. The van der Waals surface area contributed by atoms with Gasteiger partial charge in [0.2, 0.25) is 0 Å². The van der Waals surface area contributed by atoms with E-state index in [2.05, 4.69) is 13.8 Å². The molecule has 0 fully saturated rings. The molecule has 0 bridgehead atoms. The summed E-state index contributed by atoms with van der Waals surface area (Å²) in [7, 11) is 1.67. The first-order valence-electron chi connectivity index (χ1n) is 7.34. The van der Waals surface area contributed by atoms with Crippen LogP contribution in [0.4, 0.5) is 0 Å². The van der Waals surface area contributed by atoms with Crippen LogP contribution in [0.15, 0.2) is 24.3 Å². The Labute approximate surface area is 127 Å². The van der Waals surface area contributed by atoms with Gasteiger partial charge in [-0.05, 0) is 44.4 Å². The number of carbonyl (C=O) groups excluding carboxylic acids is 1. The van der Waals surface area contributed by atoms with E-state index in [0.29, 0.717) is 11.7 Å². The third kappa shape index (κ3) is 5.76. The van der Waals surface area contributed by atoms with Crippen molar-refractivity contribution in [2.75, 3.05) is 13.6 Å². The molecule has 0 aromatic heterocycles. The Bertz CT molecular complexity index is 477. The largest absolute Gasteiger partial charge is 0.481 e. The maximum atomic E-state index is 12.2. The standard InChI is InChI=1S/C17H27NO3/c1-12(2)14-8-7-9-15(10-14)21-13(3)16(19)18(6)11-17(4,5)20/h7-10,12-13,20H,11H2,1-6H3. The molecule has 0 saturated heterocycles. The molecule has 4 heteroatoms. The lowest BCUT2D eigenvalue weighted by Gasteiger charge is -2.28. The van der Waals surface area contributed by atoms with Gasteiger partial charge in [0.15, 0.2) is 6.10 Å². The van der Waals surface area contributed by atoms with Gasteiger partial charge in [-0.1, -0.05) is 26.0 Å². The van der Waals surface area contributed by atoms with Gasteiger partial charge >= 0.3 is 0 Å². The summed E-state index contributed by atoms with van der Waals surface area (Å²) in [6.07, 6.45) is -0.584. The number of benzene rings is 1. The second kappa shape index (κ2) is 6.94. The SMILES string of the molecule is CC(Oc1cccc(C(C)C)c1)C(=O)N(C)CC(C)(C)O. The fourth-order valence-electron chi connectivity index (χ4n) is 2.17. The van der Waals surface area contributed by atoms with E-state index >= 15 is 0 Å². The molecular weight excluding hydrogens is 266 g/mol. The minimum atomic E-state index is -0.915. The maximum Gasteiger partial charge on any atom is 0.263 e. The van der Waals surface area contributed by atoms with E-state index < -0.39 is 11.7 Å². The normalized spacial score (nSPS) is 13.1. The predicted octanol–water partition coefficient (Wildman–Crippen LogP) is 2.81. The fourth-order valence-corrected chi connectivity index (χ4v) is 2.17. The molecule has 1 atom stereocenters. The number of carbonyl (C=O) groups is 1. The highest BCUT2D eigenvalue weighted by atomic mass is 16.5. The Morgan fingerprint density at radius 2 is 1.95 bits per heavy atom. The highest BCUT2D eigenvalue weighted by Gasteiger charge is 2.24. The third-order valence-corrected chi connectivity index (χ3v) is 3.19. The number of likely N-dealkylation sites (N-methyl/N-ethyl adjacent to an activating group) is 1.